The van der Waals surface area contributed by atoms with Gasteiger partial charge in [0, 0.05) is 28.5 Å². The first-order valence-corrected chi connectivity index (χ1v) is 9.50. The molecular formula is C17H25ClN2S. The van der Waals surface area contributed by atoms with Crippen LogP contribution >= 0.6 is 23.4 Å². The Kier molecular flexibility index (Phi) is 5.49. The molecule has 0 spiro atoms. The summed E-state index contributed by atoms with van der Waals surface area (Å²) in [7, 11) is 0. The first-order valence-electron chi connectivity index (χ1n) is 8.14. The molecule has 2 atom stereocenters. The summed E-state index contributed by atoms with van der Waals surface area (Å²) in [5.41, 5.74) is 1.39. The molecule has 3 rings (SSSR count). The lowest BCUT2D eigenvalue weighted by Crippen LogP contribution is -2.44. The molecule has 0 bridgehead atoms. The summed E-state index contributed by atoms with van der Waals surface area (Å²) in [5.74, 6) is 1.20. The third-order valence-corrected chi connectivity index (χ3v) is 6.04. The number of likely N-dealkylation sites (tertiary alicyclic amines) is 1. The van der Waals surface area contributed by atoms with Gasteiger partial charge >= 0.3 is 0 Å². The fourth-order valence-corrected chi connectivity index (χ4v) is 4.66. The van der Waals surface area contributed by atoms with E-state index in [1.807, 2.05) is 17.8 Å². The lowest BCUT2D eigenvalue weighted by atomic mass is 10.0. The average Bonchev–Trinajstić information content (AvgIpc) is 2.53. The van der Waals surface area contributed by atoms with Crippen molar-refractivity contribution in [3.8, 4) is 0 Å². The van der Waals surface area contributed by atoms with Crippen molar-refractivity contribution in [1.29, 1.82) is 0 Å². The molecule has 2 nitrogen and oxygen atoms in total. The van der Waals surface area contributed by atoms with Gasteiger partial charge in [0.1, 0.15) is 0 Å². The molecule has 4 heteroatoms. The van der Waals surface area contributed by atoms with E-state index in [1.165, 1.54) is 55.0 Å². The smallest absolute Gasteiger partial charge is 0.0410 e. The van der Waals surface area contributed by atoms with Gasteiger partial charge in [0.2, 0.25) is 0 Å². The summed E-state index contributed by atoms with van der Waals surface area (Å²) in [5, 5.41) is 4.64. The van der Waals surface area contributed by atoms with Crippen molar-refractivity contribution in [2.75, 3.05) is 25.4 Å². The molecule has 1 aromatic rings. The Balaban J connectivity index is 1.60. The minimum Gasteiger partial charge on any atom is -0.308 e. The zero-order chi connectivity index (χ0) is 14.7. The van der Waals surface area contributed by atoms with E-state index in [2.05, 4.69) is 29.3 Å². The standard InChI is InChI=1S/C17H25ClN2S/c1-13(20-8-3-2-4-9-20)12-19-16-7-10-21-17-6-5-14(18)11-15(16)17/h5-6,11,13,16,19H,2-4,7-10,12H2,1H3. The van der Waals surface area contributed by atoms with Crippen molar-refractivity contribution in [2.24, 2.45) is 0 Å². The molecule has 2 unspecified atom stereocenters. The number of hydrogen-bond donors (Lipinski definition) is 1. The quantitative estimate of drug-likeness (QED) is 0.887. The van der Waals surface area contributed by atoms with Gasteiger partial charge in [-0.1, -0.05) is 18.0 Å². The highest BCUT2D eigenvalue weighted by Gasteiger charge is 2.22. The summed E-state index contributed by atoms with van der Waals surface area (Å²) in [6.45, 7) is 5.97. The second-order valence-electron chi connectivity index (χ2n) is 6.23. The Bertz CT molecular complexity index is 474. The van der Waals surface area contributed by atoms with Crippen molar-refractivity contribution in [2.45, 2.75) is 49.6 Å². The monoisotopic (exact) mass is 324 g/mol. The molecule has 0 amide bonds. The number of piperidine rings is 1. The van der Waals surface area contributed by atoms with Crippen LogP contribution in [0.3, 0.4) is 0 Å². The van der Waals surface area contributed by atoms with Gasteiger partial charge in [0.05, 0.1) is 0 Å². The predicted molar refractivity (Wildman–Crippen MR) is 92.4 cm³/mol. The molecule has 0 aromatic heterocycles. The van der Waals surface area contributed by atoms with Crippen LogP contribution in [0, 0.1) is 0 Å². The Morgan fingerprint density at radius 1 is 1.33 bits per heavy atom. The number of nitrogens with one attached hydrogen (secondary N) is 1. The number of fused-ring (bicyclic) bond motifs is 1. The van der Waals surface area contributed by atoms with Gasteiger partial charge in [-0.3, -0.25) is 4.90 Å². The third-order valence-electron chi connectivity index (χ3n) is 4.69. The van der Waals surface area contributed by atoms with Crippen molar-refractivity contribution >= 4 is 23.4 Å². The molecule has 0 saturated carbocycles. The highest BCUT2D eigenvalue weighted by molar-refractivity contribution is 7.99. The molecular weight excluding hydrogens is 300 g/mol. The Labute approximate surface area is 137 Å². The van der Waals surface area contributed by atoms with E-state index in [0.717, 1.165) is 11.6 Å². The fourth-order valence-electron chi connectivity index (χ4n) is 3.38. The summed E-state index contributed by atoms with van der Waals surface area (Å²) >= 11 is 8.14. The van der Waals surface area contributed by atoms with Gasteiger partial charge in [0.25, 0.3) is 0 Å². The highest BCUT2D eigenvalue weighted by atomic mass is 35.5. The van der Waals surface area contributed by atoms with Crippen molar-refractivity contribution in [3.63, 3.8) is 0 Å². The normalized spacial score (nSPS) is 24.6. The van der Waals surface area contributed by atoms with E-state index in [1.54, 1.807) is 0 Å². The maximum atomic E-state index is 6.18. The van der Waals surface area contributed by atoms with E-state index in [-0.39, 0.29) is 0 Å². The van der Waals surface area contributed by atoms with Crippen molar-refractivity contribution < 1.29 is 0 Å². The highest BCUT2D eigenvalue weighted by Crippen LogP contribution is 2.37. The molecule has 0 aliphatic carbocycles. The van der Waals surface area contributed by atoms with E-state index >= 15 is 0 Å². The van der Waals surface area contributed by atoms with Crippen LogP contribution in [0.25, 0.3) is 0 Å². The van der Waals surface area contributed by atoms with Crippen molar-refractivity contribution in [3.05, 3.63) is 28.8 Å². The summed E-state index contributed by atoms with van der Waals surface area (Å²) in [6, 6.07) is 7.41. The topological polar surface area (TPSA) is 15.3 Å². The zero-order valence-electron chi connectivity index (χ0n) is 12.8. The maximum absolute atomic E-state index is 6.18. The predicted octanol–water partition coefficient (Wildman–Crippen LogP) is 4.34. The van der Waals surface area contributed by atoms with Crippen LogP contribution in [0.5, 0.6) is 0 Å². The second kappa shape index (κ2) is 7.36. The Morgan fingerprint density at radius 2 is 2.14 bits per heavy atom. The zero-order valence-corrected chi connectivity index (χ0v) is 14.3. The first-order chi connectivity index (χ1) is 10.2. The van der Waals surface area contributed by atoms with Crippen molar-refractivity contribution in [1.82, 2.24) is 10.2 Å². The maximum Gasteiger partial charge on any atom is 0.0410 e. The van der Waals surface area contributed by atoms with Gasteiger partial charge in [-0.25, -0.2) is 0 Å². The average molecular weight is 325 g/mol. The van der Waals surface area contributed by atoms with Crippen LogP contribution in [0.2, 0.25) is 5.02 Å². The molecule has 21 heavy (non-hydrogen) atoms. The van der Waals surface area contributed by atoms with Crippen LogP contribution in [-0.4, -0.2) is 36.3 Å². The van der Waals surface area contributed by atoms with E-state index < -0.39 is 0 Å². The molecule has 1 aromatic carbocycles. The fraction of sp³-hybridized carbons (Fsp3) is 0.647. The number of nitrogens with zero attached hydrogens (tertiary/aromatic N) is 1. The molecule has 1 fully saturated rings. The van der Waals surface area contributed by atoms with E-state index in [0.29, 0.717) is 12.1 Å². The Hall–Kier alpha value is -0.220. The number of benzene rings is 1. The van der Waals surface area contributed by atoms with Gasteiger partial charge < -0.3 is 5.32 Å². The molecule has 1 N–H and O–H groups in total. The lowest BCUT2D eigenvalue weighted by molar-refractivity contribution is 0.167. The van der Waals surface area contributed by atoms with Gasteiger partial charge in [0.15, 0.2) is 0 Å². The van der Waals surface area contributed by atoms with Crippen LogP contribution in [0.4, 0.5) is 0 Å². The third kappa shape index (κ3) is 3.95. The molecule has 0 radical (unpaired) electrons. The number of rotatable bonds is 4. The number of halogens is 1. The molecule has 1 saturated heterocycles. The molecule has 116 valence electrons. The molecule has 2 aliphatic rings. The SMILES string of the molecule is CC(CNC1CCSc2ccc(Cl)cc21)N1CCCCC1. The second-order valence-corrected chi connectivity index (χ2v) is 7.80. The largest absolute Gasteiger partial charge is 0.308 e. The number of hydrogen-bond acceptors (Lipinski definition) is 3. The van der Waals surface area contributed by atoms with Crippen LogP contribution in [-0.2, 0) is 0 Å². The van der Waals surface area contributed by atoms with E-state index in [4.69, 9.17) is 11.6 Å². The lowest BCUT2D eigenvalue weighted by Gasteiger charge is -2.34. The minimum absolute atomic E-state index is 0.465. The molecule has 2 aliphatic heterocycles. The van der Waals surface area contributed by atoms with Gasteiger partial charge in [-0.05, 0) is 68.8 Å². The van der Waals surface area contributed by atoms with Crippen LogP contribution in [0.1, 0.15) is 44.2 Å². The Morgan fingerprint density at radius 3 is 2.95 bits per heavy atom. The van der Waals surface area contributed by atoms with Crippen LogP contribution in [0.15, 0.2) is 23.1 Å². The van der Waals surface area contributed by atoms with Crippen LogP contribution < -0.4 is 5.32 Å². The summed E-state index contributed by atoms with van der Waals surface area (Å²) in [6.07, 6.45) is 5.33. The first kappa shape index (κ1) is 15.7. The summed E-state index contributed by atoms with van der Waals surface area (Å²) < 4.78 is 0. The minimum atomic E-state index is 0.465. The van der Waals surface area contributed by atoms with Gasteiger partial charge in [-0.2, -0.15) is 0 Å². The van der Waals surface area contributed by atoms with E-state index in [9.17, 15) is 0 Å². The molecule has 2 heterocycles. The number of thioether (sulfide) groups is 1. The van der Waals surface area contributed by atoms with Gasteiger partial charge in [-0.15, -0.1) is 11.8 Å². The summed E-state index contributed by atoms with van der Waals surface area (Å²) in [4.78, 5) is 4.03.